The van der Waals surface area contributed by atoms with Crippen LogP contribution in [-0.2, 0) is 5.75 Å². The van der Waals surface area contributed by atoms with E-state index in [1.165, 1.54) is 0 Å². The summed E-state index contributed by atoms with van der Waals surface area (Å²) in [5.41, 5.74) is 8.95. The molecular weight excluding hydrogens is 288 g/mol. The zero-order valence-electron chi connectivity index (χ0n) is 11.0. The Bertz CT molecular complexity index is 704. The van der Waals surface area contributed by atoms with Gasteiger partial charge in [0.2, 0.25) is 5.89 Å². The average Bonchev–Trinajstić information content (AvgIpc) is 3.10. The molecule has 2 aromatic heterocycles. The van der Waals surface area contributed by atoms with E-state index in [9.17, 15) is 0 Å². The highest BCUT2D eigenvalue weighted by atomic mass is 32.2. The number of nitrogen functional groups attached to an aromatic ring is 1. The van der Waals surface area contributed by atoms with Gasteiger partial charge in [0.1, 0.15) is 6.26 Å². The highest BCUT2D eigenvalue weighted by molar-refractivity contribution is 7.98. The molecule has 2 N–H and O–H groups in total. The predicted octanol–water partition coefficient (Wildman–Crippen LogP) is 4.59. The molecule has 3 nitrogen and oxygen atoms in total. The van der Waals surface area contributed by atoms with Crippen molar-refractivity contribution in [2.45, 2.75) is 17.6 Å². The summed E-state index contributed by atoms with van der Waals surface area (Å²) >= 11 is 3.31. The molecule has 20 heavy (non-hydrogen) atoms. The maximum Gasteiger partial charge on any atom is 0.236 e. The van der Waals surface area contributed by atoms with Crippen LogP contribution in [0.25, 0.3) is 10.8 Å². The Morgan fingerprint density at radius 3 is 3.00 bits per heavy atom. The van der Waals surface area contributed by atoms with E-state index in [-0.39, 0.29) is 0 Å². The maximum atomic E-state index is 6.07. The number of benzene rings is 1. The van der Waals surface area contributed by atoms with Gasteiger partial charge in [-0.2, -0.15) is 0 Å². The lowest BCUT2D eigenvalue weighted by molar-refractivity contribution is 0.575. The van der Waals surface area contributed by atoms with Crippen LogP contribution in [0.4, 0.5) is 5.69 Å². The van der Waals surface area contributed by atoms with Crippen LogP contribution in [0.2, 0.25) is 0 Å². The second kappa shape index (κ2) is 5.73. The molecule has 3 rings (SSSR count). The first-order valence-corrected chi connectivity index (χ1v) is 8.07. The Hall–Kier alpha value is -1.72. The van der Waals surface area contributed by atoms with Crippen molar-refractivity contribution < 1.29 is 4.42 Å². The lowest BCUT2D eigenvalue weighted by Crippen LogP contribution is -1.92. The molecule has 1 aromatic carbocycles. The summed E-state index contributed by atoms with van der Waals surface area (Å²) in [6, 6.07) is 10.1. The first-order chi connectivity index (χ1) is 9.74. The third kappa shape index (κ3) is 2.73. The minimum absolute atomic E-state index is 0.688. The Balaban J connectivity index is 1.71. The zero-order chi connectivity index (χ0) is 13.9. The predicted molar refractivity (Wildman–Crippen MR) is 85.0 cm³/mol. The van der Waals surface area contributed by atoms with Crippen molar-refractivity contribution in [1.82, 2.24) is 4.98 Å². The number of hydrogen-bond donors (Lipinski definition) is 1. The second-order valence-corrected chi connectivity index (χ2v) is 6.36. The number of para-hydroxylation sites is 1. The fourth-order valence-corrected chi connectivity index (χ4v) is 3.40. The number of rotatable bonds is 4. The van der Waals surface area contributed by atoms with E-state index in [0.29, 0.717) is 5.89 Å². The second-order valence-electron chi connectivity index (χ2n) is 4.40. The van der Waals surface area contributed by atoms with Crippen molar-refractivity contribution in [3.05, 3.63) is 53.2 Å². The van der Waals surface area contributed by atoms with Gasteiger partial charge in [-0.15, -0.1) is 23.1 Å². The molecular formula is C15H14N2OS2. The fraction of sp³-hybridized carbons (Fsp3) is 0.133. The summed E-state index contributed by atoms with van der Waals surface area (Å²) in [6.45, 7) is 2.02. The van der Waals surface area contributed by atoms with Gasteiger partial charge in [-0.1, -0.05) is 18.2 Å². The lowest BCUT2D eigenvalue weighted by atomic mass is 10.2. The summed E-state index contributed by atoms with van der Waals surface area (Å²) in [5.74, 6) is 1.44. The van der Waals surface area contributed by atoms with E-state index in [1.807, 2.05) is 42.6 Å². The molecule has 0 aliphatic heterocycles. The number of hydrogen-bond acceptors (Lipinski definition) is 5. The van der Waals surface area contributed by atoms with Gasteiger partial charge in [-0.3, -0.25) is 0 Å². The molecule has 0 spiro atoms. The van der Waals surface area contributed by atoms with Crippen molar-refractivity contribution in [3.63, 3.8) is 0 Å². The quantitative estimate of drug-likeness (QED) is 0.566. The van der Waals surface area contributed by atoms with Gasteiger partial charge in [0.15, 0.2) is 0 Å². The molecule has 5 heteroatoms. The summed E-state index contributed by atoms with van der Waals surface area (Å²) in [4.78, 5) is 6.64. The van der Waals surface area contributed by atoms with Crippen LogP contribution >= 0.6 is 23.1 Å². The molecule has 2 heterocycles. The molecule has 0 atom stereocenters. The molecule has 0 amide bonds. The lowest BCUT2D eigenvalue weighted by Gasteiger charge is -2.06. The van der Waals surface area contributed by atoms with Gasteiger partial charge in [-0.25, -0.2) is 4.98 Å². The standard InChI is InChI=1S/C15H14N2OS2/c1-10-4-2-5-12(14(10)16)20-9-11-8-18-15(17-11)13-6-3-7-19-13/h2-8H,9,16H2,1H3. The van der Waals surface area contributed by atoms with Gasteiger partial charge in [0.25, 0.3) is 0 Å². The summed E-state index contributed by atoms with van der Waals surface area (Å²) in [7, 11) is 0. The summed E-state index contributed by atoms with van der Waals surface area (Å²) in [5, 5.41) is 2.02. The monoisotopic (exact) mass is 302 g/mol. The van der Waals surface area contributed by atoms with Crippen LogP contribution in [0.1, 0.15) is 11.3 Å². The van der Waals surface area contributed by atoms with Crippen LogP contribution in [0.3, 0.4) is 0 Å². The number of nitrogens with two attached hydrogens (primary N) is 1. The Morgan fingerprint density at radius 1 is 1.30 bits per heavy atom. The molecule has 3 aromatic rings. The van der Waals surface area contributed by atoms with Crippen LogP contribution in [0.15, 0.2) is 51.3 Å². The van der Waals surface area contributed by atoms with Crippen molar-refractivity contribution >= 4 is 28.8 Å². The fourth-order valence-electron chi connectivity index (χ4n) is 1.82. The molecule has 0 unspecified atom stereocenters. The SMILES string of the molecule is Cc1cccc(SCc2coc(-c3cccs3)n2)c1N. The largest absolute Gasteiger partial charge is 0.444 e. The highest BCUT2D eigenvalue weighted by Gasteiger charge is 2.09. The van der Waals surface area contributed by atoms with Crippen molar-refractivity contribution in [1.29, 1.82) is 0 Å². The Kier molecular flexibility index (Phi) is 3.80. The number of anilines is 1. The number of thioether (sulfide) groups is 1. The molecule has 0 saturated carbocycles. The average molecular weight is 302 g/mol. The van der Waals surface area contributed by atoms with Crippen LogP contribution in [-0.4, -0.2) is 4.98 Å². The van der Waals surface area contributed by atoms with Gasteiger partial charge < -0.3 is 10.2 Å². The van der Waals surface area contributed by atoms with Crippen LogP contribution in [0.5, 0.6) is 0 Å². The summed E-state index contributed by atoms with van der Waals surface area (Å²) < 4.78 is 5.51. The van der Waals surface area contributed by atoms with Gasteiger partial charge in [-0.05, 0) is 30.0 Å². The van der Waals surface area contributed by atoms with Crippen molar-refractivity contribution in [2.75, 3.05) is 5.73 Å². The normalized spacial score (nSPS) is 10.8. The number of aryl methyl sites for hydroxylation is 1. The van der Waals surface area contributed by atoms with Crippen molar-refractivity contribution in [2.24, 2.45) is 0 Å². The van der Waals surface area contributed by atoms with E-state index in [0.717, 1.165) is 32.5 Å². The third-order valence-electron chi connectivity index (χ3n) is 2.94. The maximum absolute atomic E-state index is 6.07. The smallest absolute Gasteiger partial charge is 0.236 e. The molecule has 0 aliphatic carbocycles. The number of oxazole rings is 1. The van der Waals surface area contributed by atoms with E-state index in [2.05, 4.69) is 4.98 Å². The minimum Gasteiger partial charge on any atom is -0.444 e. The van der Waals surface area contributed by atoms with Gasteiger partial charge in [0, 0.05) is 16.3 Å². The minimum atomic E-state index is 0.688. The first kappa shape index (κ1) is 13.3. The zero-order valence-corrected chi connectivity index (χ0v) is 12.6. The molecule has 0 aliphatic rings. The number of aromatic nitrogens is 1. The van der Waals surface area contributed by atoms with Crippen LogP contribution < -0.4 is 5.73 Å². The number of nitrogens with zero attached hydrogens (tertiary/aromatic N) is 1. The molecule has 0 bridgehead atoms. The Labute approximate surface area is 125 Å². The van der Waals surface area contributed by atoms with Crippen molar-refractivity contribution in [3.8, 4) is 10.8 Å². The molecule has 102 valence electrons. The third-order valence-corrected chi connectivity index (χ3v) is 4.91. The van der Waals surface area contributed by atoms with E-state index in [1.54, 1.807) is 29.4 Å². The van der Waals surface area contributed by atoms with Crippen LogP contribution in [0, 0.1) is 6.92 Å². The topological polar surface area (TPSA) is 52.0 Å². The molecule has 0 saturated heterocycles. The highest BCUT2D eigenvalue weighted by Crippen LogP contribution is 2.31. The number of thiophene rings is 1. The molecule has 0 fully saturated rings. The van der Waals surface area contributed by atoms with E-state index >= 15 is 0 Å². The van der Waals surface area contributed by atoms with E-state index in [4.69, 9.17) is 10.2 Å². The van der Waals surface area contributed by atoms with Gasteiger partial charge in [0.05, 0.1) is 10.6 Å². The summed E-state index contributed by atoms with van der Waals surface area (Å²) in [6.07, 6.45) is 1.72. The van der Waals surface area contributed by atoms with E-state index < -0.39 is 0 Å². The molecule has 0 radical (unpaired) electrons. The van der Waals surface area contributed by atoms with Gasteiger partial charge >= 0.3 is 0 Å². The Morgan fingerprint density at radius 2 is 2.20 bits per heavy atom. The first-order valence-electron chi connectivity index (χ1n) is 6.20.